The number of halogens is 1. The molecule has 17 heavy (non-hydrogen) atoms. The molecular weight excluding hydrogens is 298 g/mol. The highest BCUT2D eigenvalue weighted by Crippen LogP contribution is 2.22. The van der Waals surface area contributed by atoms with Gasteiger partial charge in [-0.05, 0) is 43.7 Å². The highest BCUT2D eigenvalue weighted by molar-refractivity contribution is 9.10. The monoisotopic (exact) mass is 309 g/mol. The molecule has 0 unspecified atom stereocenters. The summed E-state index contributed by atoms with van der Waals surface area (Å²) in [6, 6.07) is 9.49. The summed E-state index contributed by atoms with van der Waals surface area (Å²) in [5.41, 5.74) is 1.96. The Kier molecular flexibility index (Phi) is 3.64. The van der Waals surface area contributed by atoms with Gasteiger partial charge in [0.2, 0.25) is 0 Å². The molecule has 4 heteroatoms. The predicted octanol–water partition coefficient (Wildman–Crippen LogP) is 4.38. The molecule has 0 atom stereocenters. The van der Waals surface area contributed by atoms with Crippen molar-refractivity contribution >= 4 is 38.9 Å². The summed E-state index contributed by atoms with van der Waals surface area (Å²) in [4.78, 5) is 13.9. The Morgan fingerprint density at radius 2 is 2.06 bits per heavy atom. The van der Waals surface area contributed by atoms with Gasteiger partial charge in [0.1, 0.15) is 0 Å². The molecule has 1 aromatic carbocycles. The van der Waals surface area contributed by atoms with Crippen molar-refractivity contribution in [2.45, 2.75) is 13.8 Å². The fourth-order valence-corrected chi connectivity index (χ4v) is 2.77. The molecule has 0 aliphatic rings. The zero-order chi connectivity index (χ0) is 12.4. The maximum absolute atomic E-state index is 12.0. The zero-order valence-electron chi connectivity index (χ0n) is 9.58. The Labute approximate surface area is 113 Å². The third-order valence-electron chi connectivity index (χ3n) is 2.47. The number of anilines is 1. The van der Waals surface area contributed by atoms with Crippen LogP contribution in [0.5, 0.6) is 0 Å². The minimum absolute atomic E-state index is 0.0516. The van der Waals surface area contributed by atoms with Crippen LogP contribution < -0.4 is 5.32 Å². The molecule has 0 saturated carbocycles. The van der Waals surface area contributed by atoms with E-state index < -0.39 is 0 Å². The second-order valence-electron chi connectivity index (χ2n) is 3.81. The topological polar surface area (TPSA) is 29.1 Å². The first kappa shape index (κ1) is 12.3. The number of benzene rings is 1. The van der Waals surface area contributed by atoms with Crippen molar-refractivity contribution in [3.05, 3.63) is 50.1 Å². The lowest BCUT2D eigenvalue weighted by Crippen LogP contribution is -2.09. The van der Waals surface area contributed by atoms with Crippen LogP contribution in [0.1, 0.15) is 20.1 Å². The lowest BCUT2D eigenvalue weighted by Gasteiger charge is -2.03. The van der Waals surface area contributed by atoms with Crippen molar-refractivity contribution in [2.24, 2.45) is 0 Å². The largest absolute Gasteiger partial charge is 0.321 e. The molecular formula is C13H12BrNOS. The molecule has 0 bridgehead atoms. The molecule has 88 valence electrons. The molecule has 1 heterocycles. The quantitative estimate of drug-likeness (QED) is 0.876. The summed E-state index contributed by atoms with van der Waals surface area (Å²) >= 11 is 4.90. The summed E-state index contributed by atoms with van der Waals surface area (Å²) in [7, 11) is 0. The van der Waals surface area contributed by atoms with E-state index in [1.807, 2.05) is 44.2 Å². The Hall–Kier alpha value is -1.13. The van der Waals surface area contributed by atoms with E-state index in [9.17, 15) is 4.79 Å². The van der Waals surface area contributed by atoms with Gasteiger partial charge in [-0.2, -0.15) is 0 Å². The summed E-state index contributed by atoms with van der Waals surface area (Å²) in [5.74, 6) is -0.0516. The molecule has 0 fully saturated rings. The highest BCUT2D eigenvalue weighted by Gasteiger charge is 2.10. The maximum atomic E-state index is 12.0. The number of thiophene rings is 1. The molecule has 0 aliphatic carbocycles. The molecule has 2 aromatic rings. The number of hydrogen-bond donors (Lipinski definition) is 1. The van der Waals surface area contributed by atoms with Gasteiger partial charge < -0.3 is 5.32 Å². The average molecular weight is 310 g/mol. The van der Waals surface area contributed by atoms with E-state index in [0.29, 0.717) is 0 Å². The van der Waals surface area contributed by atoms with Crippen LogP contribution in [0.2, 0.25) is 0 Å². The van der Waals surface area contributed by atoms with Gasteiger partial charge in [-0.25, -0.2) is 0 Å². The third kappa shape index (κ3) is 2.96. The fraction of sp³-hybridized carbons (Fsp3) is 0.154. The van der Waals surface area contributed by atoms with Crippen molar-refractivity contribution in [3.63, 3.8) is 0 Å². The summed E-state index contributed by atoms with van der Waals surface area (Å²) in [5, 5.41) is 2.88. The average Bonchev–Trinajstić information content (AvgIpc) is 2.59. The molecule has 0 aliphatic heterocycles. The first-order chi connectivity index (χ1) is 8.06. The van der Waals surface area contributed by atoms with E-state index in [2.05, 4.69) is 21.2 Å². The van der Waals surface area contributed by atoms with Crippen LogP contribution in [-0.2, 0) is 0 Å². The van der Waals surface area contributed by atoms with Gasteiger partial charge in [-0.15, -0.1) is 11.3 Å². The Balaban J connectivity index is 2.17. The van der Waals surface area contributed by atoms with E-state index in [0.717, 1.165) is 20.6 Å². The number of carbonyl (C=O) groups is 1. The minimum Gasteiger partial charge on any atom is -0.321 e. The number of rotatable bonds is 2. The molecule has 2 nitrogen and oxygen atoms in total. The van der Waals surface area contributed by atoms with Gasteiger partial charge in [0.05, 0.1) is 4.88 Å². The predicted molar refractivity (Wildman–Crippen MR) is 75.9 cm³/mol. The van der Waals surface area contributed by atoms with E-state index in [1.54, 1.807) is 0 Å². The van der Waals surface area contributed by atoms with Gasteiger partial charge in [0.25, 0.3) is 5.91 Å². The molecule has 1 N–H and O–H groups in total. The SMILES string of the molecule is Cc1cc(C(=O)Nc2cccc(Br)c2)sc1C. The molecule has 2 rings (SSSR count). The van der Waals surface area contributed by atoms with Crippen molar-refractivity contribution in [2.75, 3.05) is 5.32 Å². The lowest BCUT2D eigenvalue weighted by atomic mass is 10.2. The second-order valence-corrected chi connectivity index (χ2v) is 5.99. The van der Waals surface area contributed by atoms with Crippen molar-refractivity contribution < 1.29 is 4.79 Å². The van der Waals surface area contributed by atoms with Gasteiger partial charge in [0, 0.05) is 15.0 Å². The Bertz CT molecular complexity index is 543. The lowest BCUT2D eigenvalue weighted by molar-refractivity contribution is 0.103. The molecule has 1 amide bonds. The Morgan fingerprint density at radius 1 is 1.29 bits per heavy atom. The van der Waals surface area contributed by atoms with Gasteiger partial charge in [-0.1, -0.05) is 22.0 Å². The van der Waals surface area contributed by atoms with Crippen LogP contribution in [-0.4, -0.2) is 5.91 Å². The first-order valence-electron chi connectivity index (χ1n) is 5.20. The standard InChI is InChI=1S/C13H12BrNOS/c1-8-6-12(17-9(8)2)13(16)15-11-5-3-4-10(14)7-11/h3-7H,1-2H3,(H,15,16). The zero-order valence-corrected chi connectivity index (χ0v) is 12.0. The summed E-state index contributed by atoms with van der Waals surface area (Å²) in [6.07, 6.45) is 0. The van der Waals surface area contributed by atoms with Crippen molar-refractivity contribution in [1.29, 1.82) is 0 Å². The fourth-order valence-electron chi connectivity index (χ4n) is 1.44. The number of amides is 1. The minimum atomic E-state index is -0.0516. The smallest absolute Gasteiger partial charge is 0.265 e. The first-order valence-corrected chi connectivity index (χ1v) is 6.81. The summed E-state index contributed by atoms with van der Waals surface area (Å²) in [6.45, 7) is 4.04. The van der Waals surface area contributed by atoms with Crippen LogP contribution in [0.4, 0.5) is 5.69 Å². The van der Waals surface area contributed by atoms with Crippen LogP contribution in [0.15, 0.2) is 34.8 Å². The molecule has 1 aromatic heterocycles. The molecule has 0 spiro atoms. The number of nitrogens with one attached hydrogen (secondary N) is 1. The Morgan fingerprint density at radius 3 is 2.65 bits per heavy atom. The number of carbonyl (C=O) groups excluding carboxylic acids is 1. The van der Waals surface area contributed by atoms with E-state index >= 15 is 0 Å². The molecule has 0 radical (unpaired) electrons. The van der Waals surface area contributed by atoms with Crippen molar-refractivity contribution in [1.82, 2.24) is 0 Å². The van der Waals surface area contributed by atoms with E-state index in [4.69, 9.17) is 0 Å². The van der Waals surface area contributed by atoms with Crippen LogP contribution in [0, 0.1) is 13.8 Å². The summed E-state index contributed by atoms with van der Waals surface area (Å²) < 4.78 is 0.953. The van der Waals surface area contributed by atoms with E-state index in [1.165, 1.54) is 16.2 Å². The third-order valence-corrected chi connectivity index (χ3v) is 4.12. The van der Waals surface area contributed by atoms with Gasteiger partial charge in [0.15, 0.2) is 0 Å². The van der Waals surface area contributed by atoms with Crippen LogP contribution in [0.25, 0.3) is 0 Å². The normalized spacial score (nSPS) is 10.3. The highest BCUT2D eigenvalue weighted by atomic mass is 79.9. The second kappa shape index (κ2) is 5.02. The van der Waals surface area contributed by atoms with Crippen LogP contribution >= 0.6 is 27.3 Å². The number of aryl methyl sites for hydroxylation is 2. The maximum Gasteiger partial charge on any atom is 0.265 e. The van der Waals surface area contributed by atoms with Gasteiger partial charge in [-0.3, -0.25) is 4.79 Å². The molecule has 0 saturated heterocycles. The van der Waals surface area contributed by atoms with Gasteiger partial charge >= 0.3 is 0 Å². The number of hydrogen-bond acceptors (Lipinski definition) is 2. The van der Waals surface area contributed by atoms with E-state index in [-0.39, 0.29) is 5.91 Å². The van der Waals surface area contributed by atoms with Crippen LogP contribution in [0.3, 0.4) is 0 Å². The van der Waals surface area contributed by atoms with Crippen molar-refractivity contribution in [3.8, 4) is 0 Å².